The molecule has 5 nitrogen and oxygen atoms in total. The summed E-state index contributed by atoms with van der Waals surface area (Å²) in [6.45, 7) is 4.27. The van der Waals surface area contributed by atoms with Crippen molar-refractivity contribution in [1.29, 1.82) is 0 Å². The third-order valence-electron chi connectivity index (χ3n) is 2.80. The summed E-state index contributed by atoms with van der Waals surface area (Å²) >= 11 is 3.40. The summed E-state index contributed by atoms with van der Waals surface area (Å²) in [5, 5.41) is 2.84. The lowest BCUT2D eigenvalue weighted by atomic mass is 10.2. The van der Waals surface area contributed by atoms with E-state index in [1.807, 2.05) is 17.9 Å². The fraction of sp³-hybridized carbons (Fsp3) is 0.500. The minimum absolute atomic E-state index is 0.00262. The van der Waals surface area contributed by atoms with Crippen molar-refractivity contribution in [1.82, 2.24) is 10.3 Å². The number of rotatable bonds is 3. The molecule has 0 bridgehead atoms. The van der Waals surface area contributed by atoms with Crippen LogP contribution in [0.4, 0.5) is 5.69 Å². The first-order valence-electron chi connectivity index (χ1n) is 5.95. The number of aromatic nitrogens is 1. The molecular weight excluding hydrogens is 298 g/mol. The van der Waals surface area contributed by atoms with E-state index in [1.54, 1.807) is 12.4 Å². The summed E-state index contributed by atoms with van der Waals surface area (Å²) in [7, 11) is 0. The number of carbonyl (C=O) groups is 1. The number of amides is 1. The zero-order valence-electron chi connectivity index (χ0n) is 10.2. The van der Waals surface area contributed by atoms with E-state index in [9.17, 15) is 4.79 Å². The monoisotopic (exact) mass is 313 g/mol. The van der Waals surface area contributed by atoms with Gasteiger partial charge in [0.1, 0.15) is 6.04 Å². The quantitative estimate of drug-likeness (QED) is 0.910. The number of nitrogens with zero attached hydrogens (tertiary/aromatic N) is 2. The van der Waals surface area contributed by atoms with Gasteiger partial charge >= 0.3 is 0 Å². The van der Waals surface area contributed by atoms with Crippen molar-refractivity contribution in [3.63, 3.8) is 0 Å². The van der Waals surface area contributed by atoms with Crippen molar-refractivity contribution in [2.75, 3.05) is 31.2 Å². The molecule has 1 saturated heterocycles. The average molecular weight is 314 g/mol. The third-order valence-corrected chi connectivity index (χ3v) is 3.24. The van der Waals surface area contributed by atoms with Gasteiger partial charge in [0.05, 0.1) is 25.1 Å². The largest absolute Gasteiger partial charge is 0.377 e. The van der Waals surface area contributed by atoms with Crippen LogP contribution < -0.4 is 10.2 Å². The Labute approximate surface area is 115 Å². The van der Waals surface area contributed by atoms with Crippen LogP contribution >= 0.6 is 15.9 Å². The first-order valence-corrected chi connectivity index (χ1v) is 6.74. The number of hydrogen-bond donors (Lipinski definition) is 1. The molecule has 1 unspecified atom stereocenters. The van der Waals surface area contributed by atoms with Crippen LogP contribution in [-0.2, 0) is 9.53 Å². The molecule has 1 fully saturated rings. The Morgan fingerprint density at radius 3 is 3.22 bits per heavy atom. The first-order chi connectivity index (χ1) is 8.72. The van der Waals surface area contributed by atoms with Crippen LogP contribution in [0.25, 0.3) is 0 Å². The maximum absolute atomic E-state index is 12.0. The molecule has 1 aliphatic rings. The minimum atomic E-state index is -0.283. The summed E-state index contributed by atoms with van der Waals surface area (Å²) in [6.07, 6.45) is 3.49. The fourth-order valence-corrected chi connectivity index (χ4v) is 2.33. The van der Waals surface area contributed by atoms with Crippen LogP contribution in [0, 0.1) is 0 Å². The summed E-state index contributed by atoms with van der Waals surface area (Å²) in [6, 6.07) is 1.68. The van der Waals surface area contributed by atoms with Crippen LogP contribution in [0.5, 0.6) is 0 Å². The van der Waals surface area contributed by atoms with Gasteiger partial charge in [0.2, 0.25) is 5.91 Å². The molecule has 1 N–H and O–H groups in total. The maximum Gasteiger partial charge on any atom is 0.245 e. The van der Waals surface area contributed by atoms with E-state index in [1.165, 1.54) is 0 Å². The maximum atomic E-state index is 12.0. The van der Waals surface area contributed by atoms with Crippen molar-refractivity contribution < 1.29 is 9.53 Å². The molecule has 1 amide bonds. The highest BCUT2D eigenvalue weighted by Crippen LogP contribution is 2.22. The topological polar surface area (TPSA) is 54.5 Å². The van der Waals surface area contributed by atoms with E-state index in [0.29, 0.717) is 26.3 Å². The molecule has 18 heavy (non-hydrogen) atoms. The Morgan fingerprint density at radius 1 is 1.67 bits per heavy atom. The number of nitrogens with one attached hydrogen (secondary N) is 1. The molecule has 2 rings (SSSR count). The number of carbonyl (C=O) groups excluding carboxylic acids is 1. The molecule has 0 spiro atoms. The summed E-state index contributed by atoms with van der Waals surface area (Å²) < 4.78 is 6.30. The Hall–Kier alpha value is -1.14. The average Bonchev–Trinajstić information content (AvgIpc) is 2.39. The highest BCUT2D eigenvalue weighted by atomic mass is 79.9. The van der Waals surface area contributed by atoms with Crippen molar-refractivity contribution in [3.8, 4) is 0 Å². The second kappa shape index (κ2) is 6.15. The Kier molecular flexibility index (Phi) is 4.54. The van der Waals surface area contributed by atoms with Crippen molar-refractivity contribution in [2.45, 2.75) is 13.0 Å². The molecule has 1 aliphatic heterocycles. The molecule has 1 atom stereocenters. The lowest BCUT2D eigenvalue weighted by Gasteiger charge is -2.36. The second-order valence-corrected chi connectivity index (χ2v) is 4.96. The number of hydrogen-bond acceptors (Lipinski definition) is 4. The highest BCUT2D eigenvalue weighted by Gasteiger charge is 2.29. The van der Waals surface area contributed by atoms with Crippen molar-refractivity contribution >= 4 is 27.5 Å². The zero-order chi connectivity index (χ0) is 13.0. The van der Waals surface area contributed by atoms with E-state index in [-0.39, 0.29) is 11.9 Å². The van der Waals surface area contributed by atoms with Crippen molar-refractivity contribution in [2.24, 2.45) is 0 Å². The van der Waals surface area contributed by atoms with Crippen LogP contribution in [0.1, 0.15) is 6.92 Å². The smallest absolute Gasteiger partial charge is 0.245 e. The zero-order valence-corrected chi connectivity index (χ0v) is 11.8. The molecule has 2 heterocycles. The van der Waals surface area contributed by atoms with Gasteiger partial charge in [-0.2, -0.15) is 0 Å². The number of halogens is 1. The first kappa shape index (κ1) is 13.3. The van der Waals surface area contributed by atoms with Gasteiger partial charge in [-0.1, -0.05) is 0 Å². The molecule has 1 aromatic rings. The number of likely N-dealkylation sites (N-methyl/N-ethyl adjacent to an activating group) is 1. The third kappa shape index (κ3) is 3.00. The fourth-order valence-electron chi connectivity index (χ4n) is 1.98. The molecule has 0 aromatic carbocycles. The molecular formula is C12H16BrN3O2. The van der Waals surface area contributed by atoms with Gasteiger partial charge in [-0.15, -0.1) is 0 Å². The molecule has 6 heteroatoms. The Bertz CT molecular complexity index is 428. The van der Waals surface area contributed by atoms with Gasteiger partial charge in [-0.3, -0.25) is 9.78 Å². The predicted octanol–water partition coefficient (Wildman–Crippen LogP) is 1.19. The number of anilines is 1. The van der Waals surface area contributed by atoms with E-state index >= 15 is 0 Å². The van der Waals surface area contributed by atoms with Gasteiger partial charge in [-0.25, -0.2) is 0 Å². The van der Waals surface area contributed by atoms with Crippen LogP contribution in [0.2, 0.25) is 0 Å². The van der Waals surface area contributed by atoms with Crippen LogP contribution in [-0.4, -0.2) is 43.2 Å². The number of ether oxygens (including phenoxy) is 1. The van der Waals surface area contributed by atoms with E-state index < -0.39 is 0 Å². The molecule has 0 saturated carbocycles. The highest BCUT2D eigenvalue weighted by molar-refractivity contribution is 9.10. The van der Waals surface area contributed by atoms with Crippen LogP contribution in [0.3, 0.4) is 0 Å². The Balaban J connectivity index is 2.20. The SMILES string of the molecule is CCNC(=O)C1COCCN1c1cncc(Br)c1. The Morgan fingerprint density at radius 2 is 2.50 bits per heavy atom. The van der Waals surface area contributed by atoms with E-state index in [4.69, 9.17) is 4.74 Å². The molecule has 0 aliphatic carbocycles. The lowest BCUT2D eigenvalue weighted by Crippen LogP contribution is -2.54. The van der Waals surface area contributed by atoms with Gasteiger partial charge < -0.3 is 15.0 Å². The van der Waals surface area contributed by atoms with Crippen molar-refractivity contribution in [3.05, 3.63) is 22.9 Å². The summed E-state index contributed by atoms with van der Waals surface area (Å²) in [4.78, 5) is 18.2. The molecule has 1 aromatic heterocycles. The van der Waals surface area contributed by atoms with Gasteiger partial charge in [0.15, 0.2) is 0 Å². The number of pyridine rings is 1. The summed E-state index contributed by atoms with van der Waals surface area (Å²) in [5.74, 6) is -0.00262. The van der Waals surface area contributed by atoms with E-state index in [0.717, 1.165) is 10.2 Å². The lowest BCUT2D eigenvalue weighted by molar-refractivity contribution is -0.124. The molecule has 98 valence electrons. The standard InChI is InChI=1S/C12H16BrN3O2/c1-2-15-12(17)11-8-18-4-3-16(11)10-5-9(13)6-14-7-10/h5-7,11H,2-4,8H2,1H3,(H,15,17). The van der Waals surface area contributed by atoms with Crippen LogP contribution in [0.15, 0.2) is 22.9 Å². The second-order valence-electron chi connectivity index (χ2n) is 4.04. The summed E-state index contributed by atoms with van der Waals surface area (Å²) in [5.41, 5.74) is 0.934. The van der Waals surface area contributed by atoms with Gasteiger partial charge in [0.25, 0.3) is 0 Å². The number of morpholine rings is 1. The van der Waals surface area contributed by atoms with E-state index in [2.05, 4.69) is 26.2 Å². The normalized spacial score (nSPS) is 19.7. The predicted molar refractivity (Wildman–Crippen MR) is 72.6 cm³/mol. The molecule has 0 radical (unpaired) electrons. The van der Waals surface area contributed by atoms with Gasteiger partial charge in [0, 0.05) is 23.8 Å². The van der Waals surface area contributed by atoms with Gasteiger partial charge in [-0.05, 0) is 28.9 Å². The minimum Gasteiger partial charge on any atom is -0.377 e.